The van der Waals surface area contributed by atoms with Crippen LogP contribution in [0.3, 0.4) is 0 Å². The van der Waals surface area contributed by atoms with Crippen LogP contribution < -0.4 is 0 Å². The van der Waals surface area contributed by atoms with E-state index in [-0.39, 0.29) is 5.95 Å². The molecule has 0 saturated heterocycles. The van der Waals surface area contributed by atoms with Crippen LogP contribution in [-0.4, -0.2) is 10.1 Å². The predicted octanol–water partition coefficient (Wildman–Crippen LogP) is 0.180. The summed E-state index contributed by atoms with van der Waals surface area (Å²) in [6, 6.07) is 0. The zero-order chi connectivity index (χ0) is 4.41. The van der Waals surface area contributed by atoms with Gasteiger partial charge in [-0.15, -0.1) is 0 Å². The normalized spacial score (nSPS) is 8.67. The van der Waals surface area contributed by atoms with Crippen LogP contribution in [0.2, 0.25) is 0 Å². The van der Waals surface area contributed by atoms with Gasteiger partial charge in [-0.05, 0) is 0 Å². The summed E-state index contributed by atoms with van der Waals surface area (Å²) >= 11 is 0. The number of hydrogen-bond acceptors (Lipinski definition) is 3. The van der Waals surface area contributed by atoms with Gasteiger partial charge in [0.15, 0.2) is 12.6 Å². The third-order valence-electron chi connectivity index (χ3n) is 0.377. The lowest BCUT2D eigenvalue weighted by atomic mass is 10.9. The molecule has 1 radical (unpaired) electrons. The number of aromatic nitrogens is 1. The van der Waals surface area contributed by atoms with Gasteiger partial charge >= 0.3 is 5.95 Å². The molecular weight excluding hydrogens is 82.0 g/mol. The molecule has 1 N–H and O–H groups in total. The van der Waals surface area contributed by atoms with Crippen molar-refractivity contribution in [2.75, 3.05) is 0 Å². The van der Waals surface area contributed by atoms with E-state index < -0.39 is 0 Å². The molecule has 1 rings (SSSR count). The number of nitrogens with zero attached hydrogens (tertiary/aromatic N) is 1. The number of aromatic hydroxyl groups is 1. The molecule has 3 nitrogen and oxygen atoms in total. The maximum absolute atomic E-state index is 8.19. The molecule has 0 aromatic carbocycles. The van der Waals surface area contributed by atoms with E-state index in [2.05, 4.69) is 15.6 Å². The van der Waals surface area contributed by atoms with Crippen molar-refractivity contribution in [3.8, 4) is 5.95 Å². The van der Waals surface area contributed by atoms with Crippen LogP contribution in [0.5, 0.6) is 5.95 Å². The van der Waals surface area contributed by atoms with Crippen molar-refractivity contribution in [2.45, 2.75) is 0 Å². The van der Waals surface area contributed by atoms with Crippen LogP contribution in [0, 0.1) is 6.20 Å². The van der Waals surface area contributed by atoms with Gasteiger partial charge in [0, 0.05) is 0 Å². The van der Waals surface area contributed by atoms with Crippen LogP contribution >= 0.6 is 0 Å². The predicted molar refractivity (Wildman–Crippen MR) is 17.0 cm³/mol. The molecule has 1 heterocycles. The fourth-order valence-corrected chi connectivity index (χ4v) is 0.184. The SMILES string of the molecule is Oc1[c]nco1. The Bertz CT molecular complexity index is 112. The van der Waals surface area contributed by atoms with Crippen molar-refractivity contribution in [3.63, 3.8) is 0 Å². The minimum absolute atomic E-state index is 0.269. The van der Waals surface area contributed by atoms with Crippen LogP contribution in [0.1, 0.15) is 0 Å². The number of hydrogen-bond donors (Lipinski definition) is 1. The largest absolute Gasteiger partial charge is 0.479 e. The summed E-state index contributed by atoms with van der Waals surface area (Å²) in [4.78, 5) is 3.28. The van der Waals surface area contributed by atoms with Gasteiger partial charge in [0.05, 0.1) is 0 Å². The summed E-state index contributed by atoms with van der Waals surface area (Å²) in [6.45, 7) is 0. The highest BCUT2D eigenvalue weighted by atomic mass is 16.5. The summed E-state index contributed by atoms with van der Waals surface area (Å²) in [5.74, 6) is -0.269. The maximum atomic E-state index is 8.19. The molecule has 0 spiro atoms. The molecule has 0 unspecified atom stereocenters. The molecule has 0 aliphatic rings. The highest BCUT2D eigenvalue weighted by molar-refractivity contribution is 4.87. The van der Waals surface area contributed by atoms with Gasteiger partial charge in [-0.3, -0.25) is 0 Å². The first-order chi connectivity index (χ1) is 2.89. The van der Waals surface area contributed by atoms with Crippen LogP contribution in [0.25, 0.3) is 0 Å². The van der Waals surface area contributed by atoms with Gasteiger partial charge in [-0.2, -0.15) is 0 Å². The lowest BCUT2D eigenvalue weighted by molar-refractivity contribution is 0.331. The summed E-state index contributed by atoms with van der Waals surface area (Å²) in [5.41, 5.74) is 0. The molecule has 31 valence electrons. The van der Waals surface area contributed by atoms with Crippen LogP contribution in [-0.2, 0) is 0 Å². The van der Waals surface area contributed by atoms with Crippen molar-refractivity contribution in [2.24, 2.45) is 0 Å². The van der Waals surface area contributed by atoms with E-state index >= 15 is 0 Å². The third kappa shape index (κ3) is 0.337. The van der Waals surface area contributed by atoms with Gasteiger partial charge in [0.2, 0.25) is 0 Å². The summed E-state index contributed by atoms with van der Waals surface area (Å²) < 4.78 is 4.22. The third-order valence-corrected chi connectivity index (χ3v) is 0.377. The van der Waals surface area contributed by atoms with E-state index in [0.29, 0.717) is 0 Å². The first-order valence-corrected chi connectivity index (χ1v) is 1.40. The summed E-state index contributed by atoms with van der Waals surface area (Å²) in [7, 11) is 0. The highest BCUT2D eigenvalue weighted by Crippen LogP contribution is 1.99. The lowest BCUT2D eigenvalue weighted by Gasteiger charge is -1.66. The molecule has 1 aromatic heterocycles. The van der Waals surface area contributed by atoms with Crippen molar-refractivity contribution in [1.29, 1.82) is 0 Å². The Kier molecular flexibility index (Phi) is 0.538. The molecule has 3 heteroatoms. The van der Waals surface area contributed by atoms with Crippen molar-refractivity contribution >= 4 is 0 Å². The summed E-state index contributed by atoms with van der Waals surface area (Å²) in [6.07, 6.45) is 3.25. The second-order valence-corrected chi connectivity index (χ2v) is 0.769. The zero-order valence-electron chi connectivity index (χ0n) is 2.88. The molecular formula is C3H2NO2. The second kappa shape index (κ2) is 1.01. The minimum Gasteiger partial charge on any atom is -0.479 e. The molecule has 0 amide bonds. The Hall–Kier alpha value is -0.990. The summed E-state index contributed by atoms with van der Waals surface area (Å²) in [5, 5.41) is 8.19. The van der Waals surface area contributed by atoms with Gasteiger partial charge < -0.3 is 9.52 Å². The average molecular weight is 84.1 g/mol. The van der Waals surface area contributed by atoms with Crippen molar-refractivity contribution < 1.29 is 9.52 Å². The Balaban J connectivity index is 3.05. The fraction of sp³-hybridized carbons (Fsp3) is 0. The standard InChI is InChI=1S/C3H2NO2/c5-3-1-4-2-6-3/h2,5H. The molecule has 0 atom stereocenters. The molecule has 0 fully saturated rings. The molecule has 1 aromatic rings. The van der Waals surface area contributed by atoms with E-state index in [1.807, 2.05) is 0 Å². The smallest absolute Gasteiger partial charge is 0.312 e. The van der Waals surface area contributed by atoms with Gasteiger partial charge in [0.1, 0.15) is 0 Å². The molecule has 0 aliphatic carbocycles. The van der Waals surface area contributed by atoms with E-state index in [0.717, 1.165) is 6.39 Å². The topological polar surface area (TPSA) is 46.3 Å². The molecule has 0 saturated carbocycles. The van der Waals surface area contributed by atoms with Crippen molar-refractivity contribution in [3.05, 3.63) is 12.6 Å². The first kappa shape index (κ1) is 3.21. The monoisotopic (exact) mass is 84.0 g/mol. The van der Waals surface area contributed by atoms with Gasteiger partial charge in [0.25, 0.3) is 0 Å². The number of rotatable bonds is 0. The quantitative estimate of drug-likeness (QED) is 0.487. The Labute approximate surface area is 34.2 Å². The average Bonchev–Trinajstić information content (AvgIpc) is 1.86. The maximum Gasteiger partial charge on any atom is 0.312 e. The van der Waals surface area contributed by atoms with E-state index in [4.69, 9.17) is 5.11 Å². The molecule has 6 heavy (non-hydrogen) atoms. The van der Waals surface area contributed by atoms with Crippen LogP contribution in [0.4, 0.5) is 0 Å². The number of oxazole rings is 1. The van der Waals surface area contributed by atoms with Crippen LogP contribution in [0.15, 0.2) is 10.8 Å². The molecule has 0 bridgehead atoms. The van der Waals surface area contributed by atoms with Crippen molar-refractivity contribution in [1.82, 2.24) is 4.98 Å². The minimum atomic E-state index is -0.269. The van der Waals surface area contributed by atoms with E-state index in [1.165, 1.54) is 0 Å². The Morgan fingerprint density at radius 3 is 3.00 bits per heavy atom. The van der Waals surface area contributed by atoms with Gasteiger partial charge in [-0.1, -0.05) is 0 Å². The van der Waals surface area contributed by atoms with Gasteiger partial charge in [-0.25, -0.2) is 4.98 Å². The Morgan fingerprint density at radius 2 is 2.83 bits per heavy atom. The lowest BCUT2D eigenvalue weighted by Crippen LogP contribution is -1.46. The first-order valence-electron chi connectivity index (χ1n) is 1.40. The molecule has 0 aliphatic heterocycles. The second-order valence-electron chi connectivity index (χ2n) is 0.769. The van der Waals surface area contributed by atoms with E-state index in [9.17, 15) is 0 Å². The Morgan fingerprint density at radius 1 is 2.00 bits per heavy atom. The fourth-order valence-electron chi connectivity index (χ4n) is 0.184. The zero-order valence-corrected chi connectivity index (χ0v) is 2.88. The highest BCUT2D eigenvalue weighted by Gasteiger charge is 1.83. The van der Waals surface area contributed by atoms with E-state index in [1.54, 1.807) is 0 Å².